The molecule has 1 amide bonds. The number of nitrogens with one attached hydrogen (secondary N) is 2. The number of piperidine rings is 1. The number of carbonyl (C=O) groups excluding carboxylic acids is 1. The van der Waals surface area contributed by atoms with Gasteiger partial charge in [0.1, 0.15) is 11.6 Å². The summed E-state index contributed by atoms with van der Waals surface area (Å²) < 4.78 is 7.12. The molecule has 0 spiro atoms. The van der Waals surface area contributed by atoms with Crippen molar-refractivity contribution in [2.75, 3.05) is 13.1 Å². The molecule has 0 saturated carbocycles. The van der Waals surface area contributed by atoms with Gasteiger partial charge in [-0.25, -0.2) is 0 Å². The van der Waals surface area contributed by atoms with Gasteiger partial charge in [0.15, 0.2) is 5.82 Å². The number of amides is 1. The Morgan fingerprint density at radius 2 is 2.12 bits per heavy atom. The zero-order valence-corrected chi connectivity index (χ0v) is 15.2. The molecular formula is C17H26N6O2. The molecule has 0 aromatic carbocycles. The van der Waals surface area contributed by atoms with Gasteiger partial charge in [0.25, 0.3) is 0 Å². The van der Waals surface area contributed by atoms with Crippen LogP contribution in [0, 0.1) is 0 Å². The summed E-state index contributed by atoms with van der Waals surface area (Å²) in [6.45, 7) is 9.47. The lowest BCUT2D eigenvalue weighted by molar-refractivity contribution is -0.132. The first-order valence-electron chi connectivity index (χ1n) is 8.69. The predicted molar refractivity (Wildman–Crippen MR) is 91.9 cm³/mol. The summed E-state index contributed by atoms with van der Waals surface area (Å²) in [5.74, 6) is 0.982. The lowest BCUT2D eigenvalue weighted by Gasteiger charge is -2.37. The van der Waals surface area contributed by atoms with E-state index >= 15 is 0 Å². The average Bonchev–Trinajstić information content (AvgIpc) is 3.26. The molecule has 0 radical (unpaired) electrons. The Labute approximate surface area is 147 Å². The fourth-order valence-corrected chi connectivity index (χ4v) is 3.03. The SMILES string of the molecule is CC(NC(=O)C1(n2cccn2)CCNCC1)c1nc(C(C)(C)C)no1. The van der Waals surface area contributed by atoms with Crippen LogP contribution in [0.25, 0.3) is 0 Å². The molecular weight excluding hydrogens is 320 g/mol. The molecule has 1 saturated heterocycles. The van der Waals surface area contributed by atoms with E-state index in [-0.39, 0.29) is 17.4 Å². The quantitative estimate of drug-likeness (QED) is 0.871. The molecule has 0 bridgehead atoms. The first kappa shape index (κ1) is 17.6. The van der Waals surface area contributed by atoms with E-state index in [4.69, 9.17) is 4.52 Å². The Morgan fingerprint density at radius 1 is 1.40 bits per heavy atom. The van der Waals surface area contributed by atoms with Crippen LogP contribution in [0.3, 0.4) is 0 Å². The summed E-state index contributed by atoms with van der Waals surface area (Å²) in [4.78, 5) is 17.6. The molecule has 136 valence electrons. The summed E-state index contributed by atoms with van der Waals surface area (Å²) in [7, 11) is 0. The Hall–Kier alpha value is -2.22. The number of hydrogen-bond donors (Lipinski definition) is 2. The Balaban J connectivity index is 1.78. The molecule has 1 atom stereocenters. The standard InChI is InChI=1S/C17H26N6O2/c1-12(13-21-14(22-25-13)16(2,3)4)20-15(24)17(6-9-18-10-7-17)23-11-5-8-19-23/h5,8,11-12,18H,6-7,9-10H2,1-4H3,(H,20,24). The highest BCUT2D eigenvalue weighted by molar-refractivity contribution is 5.84. The third-order valence-electron chi connectivity index (χ3n) is 4.63. The van der Waals surface area contributed by atoms with Crippen LogP contribution in [-0.2, 0) is 15.7 Å². The van der Waals surface area contributed by atoms with Crippen LogP contribution < -0.4 is 10.6 Å². The lowest BCUT2D eigenvalue weighted by Crippen LogP contribution is -2.55. The minimum absolute atomic E-state index is 0.0688. The van der Waals surface area contributed by atoms with Gasteiger partial charge >= 0.3 is 0 Å². The third-order valence-corrected chi connectivity index (χ3v) is 4.63. The molecule has 1 fully saturated rings. The van der Waals surface area contributed by atoms with Gasteiger partial charge in [-0.1, -0.05) is 25.9 Å². The minimum Gasteiger partial charge on any atom is -0.342 e. The molecule has 2 N–H and O–H groups in total. The van der Waals surface area contributed by atoms with Gasteiger partial charge in [-0.05, 0) is 38.9 Å². The van der Waals surface area contributed by atoms with E-state index in [1.165, 1.54) is 0 Å². The van der Waals surface area contributed by atoms with E-state index in [2.05, 4.69) is 25.9 Å². The van der Waals surface area contributed by atoms with E-state index in [0.717, 1.165) is 13.1 Å². The second kappa shape index (κ2) is 6.59. The normalized spacial score (nSPS) is 18.7. The fraction of sp³-hybridized carbons (Fsp3) is 0.647. The van der Waals surface area contributed by atoms with Crippen LogP contribution in [0.5, 0.6) is 0 Å². The van der Waals surface area contributed by atoms with Crippen molar-refractivity contribution < 1.29 is 9.32 Å². The van der Waals surface area contributed by atoms with Crippen molar-refractivity contribution in [3.63, 3.8) is 0 Å². The van der Waals surface area contributed by atoms with Crippen LogP contribution >= 0.6 is 0 Å². The highest BCUT2D eigenvalue weighted by Gasteiger charge is 2.42. The Kier molecular flexibility index (Phi) is 4.64. The number of hydrogen-bond acceptors (Lipinski definition) is 6. The Morgan fingerprint density at radius 3 is 2.68 bits per heavy atom. The molecule has 2 aromatic rings. The number of rotatable bonds is 4. The summed E-state index contributed by atoms with van der Waals surface area (Å²) in [5.41, 5.74) is -0.882. The van der Waals surface area contributed by atoms with E-state index in [9.17, 15) is 4.79 Å². The molecule has 1 unspecified atom stereocenters. The molecule has 1 aliphatic heterocycles. The van der Waals surface area contributed by atoms with Crippen LogP contribution in [0.2, 0.25) is 0 Å². The first-order chi connectivity index (χ1) is 11.8. The maximum absolute atomic E-state index is 13.1. The average molecular weight is 346 g/mol. The minimum atomic E-state index is -0.685. The van der Waals surface area contributed by atoms with Gasteiger partial charge in [0.2, 0.25) is 11.8 Å². The molecule has 3 heterocycles. The topological polar surface area (TPSA) is 97.9 Å². The molecule has 1 aliphatic rings. The van der Waals surface area contributed by atoms with Crippen LogP contribution in [0.4, 0.5) is 0 Å². The van der Waals surface area contributed by atoms with Crippen molar-refractivity contribution in [3.05, 3.63) is 30.2 Å². The molecule has 3 rings (SSSR count). The highest BCUT2D eigenvalue weighted by Crippen LogP contribution is 2.28. The van der Waals surface area contributed by atoms with Crippen molar-refractivity contribution in [2.45, 2.75) is 57.5 Å². The van der Waals surface area contributed by atoms with E-state index in [1.54, 1.807) is 10.9 Å². The van der Waals surface area contributed by atoms with Crippen LogP contribution in [-0.4, -0.2) is 38.9 Å². The van der Waals surface area contributed by atoms with Crippen molar-refractivity contribution >= 4 is 5.91 Å². The molecule has 8 nitrogen and oxygen atoms in total. The smallest absolute Gasteiger partial charge is 0.248 e. The van der Waals surface area contributed by atoms with Crippen molar-refractivity contribution in [1.82, 2.24) is 30.6 Å². The van der Waals surface area contributed by atoms with Crippen molar-refractivity contribution in [3.8, 4) is 0 Å². The fourth-order valence-electron chi connectivity index (χ4n) is 3.03. The third kappa shape index (κ3) is 3.44. The monoisotopic (exact) mass is 346 g/mol. The van der Waals surface area contributed by atoms with Crippen molar-refractivity contribution in [2.24, 2.45) is 0 Å². The first-order valence-corrected chi connectivity index (χ1v) is 8.69. The van der Waals surface area contributed by atoms with E-state index in [0.29, 0.717) is 24.6 Å². The van der Waals surface area contributed by atoms with Gasteiger partial charge in [-0.2, -0.15) is 10.1 Å². The highest BCUT2D eigenvalue weighted by atomic mass is 16.5. The van der Waals surface area contributed by atoms with Gasteiger partial charge in [0.05, 0.1) is 0 Å². The van der Waals surface area contributed by atoms with Gasteiger partial charge in [0, 0.05) is 17.8 Å². The van der Waals surface area contributed by atoms with Crippen molar-refractivity contribution in [1.29, 1.82) is 0 Å². The molecule has 8 heteroatoms. The van der Waals surface area contributed by atoms with Crippen LogP contribution in [0.1, 0.15) is 58.3 Å². The zero-order valence-electron chi connectivity index (χ0n) is 15.2. The molecule has 25 heavy (non-hydrogen) atoms. The van der Waals surface area contributed by atoms with E-state index in [1.807, 2.05) is 40.0 Å². The summed E-state index contributed by atoms with van der Waals surface area (Å²) in [5, 5.41) is 14.7. The lowest BCUT2D eigenvalue weighted by atomic mass is 9.87. The Bertz CT molecular complexity index is 710. The van der Waals surface area contributed by atoms with Gasteiger partial charge < -0.3 is 15.2 Å². The maximum atomic E-state index is 13.1. The maximum Gasteiger partial charge on any atom is 0.248 e. The molecule has 0 aliphatic carbocycles. The molecule has 2 aromatic heterocycles. The predicted octanol–water partition coefficient (Wildman–Crippen LogP) is 1.52. The number of nitrogens with zero attached hydrogens (tertiary/aromatic N) is 4. The van der Waals surface area contributed by atoms with Crippen LogP contribution in [0.15, 0.2) is 23.0 Å². The second-order valence-corrected chi connectivity index (χ2v) is 7.63. The zero-order chi connectivity index (χ0) is 18.1. The number of aromatic nitrogens is 4. The second-order valence-electron chi connectivity index (χ2n) is 7.63. The van der Waals surface area contributed by atoms with Gasteiger partial charge in [-0.3, -0.25) is 9.48 Å². The summed E-state index contributed by atoms with van der Waals surface area (Å²) in [6.07, 6.45) is 4.92. The van der Waals surface area contributed by atoms with Gasteiger partial charge in [-0.15, -0.1) is 0 Å². The largest absolute Gasteiger partial charge is 0.342 e. The number of carbonyl (C=O) groups is 1. The summed E-state index contributed by atoms with van der Waals surface area (Å²) >= 11 is 0. The summed E-state index contributed by atoms with van der Waals surface area (Å²) in [6, 6.07) is 1.48. The van der Waals surface area contributed by atoms with E-state index < -0.39 is 5.54 Å².